The fraction of sp³-hybridized carbons (Fsp3) is 0.100. The highest BCUT2D eigenvalue weighted by Crippen LogP contribution is 2.19. The maximum atomic E-state index is 11.4. The Morgan fingerprint density at radius 1 is 1.50 bits per heavy atom. The van der Waals surface area contributed by atoms with Crippen molar-refractivity contribution in [3.8, 4) is 0 Å². The number of amides is 3. The van der Waals surface area contributed by atoms with Crippen molar-refractivity contribution >= 4 is 23.4 Å². The van der Waals surface area contributed by atoms with Gasteiger partial charge < -0.3 is 5.73 Å². The number of nitrogens with two attached hydrogens (primary N) is 1. The molecule has 0 fully saturated rings. The van der Waals surface area contributed by atoms with Crippen LogP contribution in [0.25, 0.3) is 0 Å². The van der Waals surface area contributed by atoms with Crippen LogP contribution in [0, 0.1) is 0 Å². The number of aromatic nitrogens is 1. The monoisotopic (exact) mass is 218 g/mol. The molecule has 0 atom stereocenters. The summed E-state index contributed by atoms with van der Waals surface area (Å²) in [6.45, 7) is 0. The molecule has 1 aromatic rings. The van der Waals surface area contributed by atoms with Gasteiger partial charge in [-0.1, -0.05) is 6.08 Å². The van der Waals surface area contributed by atoms with Crippen LogP contribution in [0.15, 0.2) is 30.6 Å². The van der Waals surface area contributed by atoms with E-state index in [0.717, 1.165) is 0 Å². The fourth-order valence-electron chi connectivity index (χ4n) is 1.40. The number of nitrogens with one attached hydrogen (secondary N) is 1. The summed E-state index contributed by atoms with van der Waals surface area (Å²) >= 11 is 0. The van der Waals surface area contributed by atoms with Gasteiger partial charge in [-0.15, -0.1) is 0 Å². The van der Waals surface area contributed by atoms with E-state index < -0.39 is 6.03 Å². The summed E-state index contributed by atoms with van der Waals surface area (Å²) < 4.78 is 0. The summed E-state index contributed by atoms with van der Waals surface area (Å²) in [7, 11) is 0. The van der Waals surface area contributed by atoms with Crippen LogP contribution < -0.4 is 16.0 Å². The number of urea groups is 1. The van der Waals surface area contributed by atoms with E-state index in [1.165, 1.54) is 11.1 Å². The topological polar surface area (TPSA) is 88.3 Å². The van der Waals surface area contributed by atoms with Gasteiger partial charge in [-0.3, -0.25) is 15.0 Å². The average Bonchev–Trinajstić information content (AvgIpc) is 2.65. The highest BCUT2D eigenvalue weighted by molar-refractivity contribution is 5.98. The molecule has 0 aliphatic carbocycles. The lowest BCUT2D eigenvalue weighted by molar-refractivity contribution is -0.116. The molecule has 2 heterocycles. The van der Waals surface area contributed by atoms with Crippen molar-refractivity contribution in [2.45, 2.75) is 6.42 Å². The summed E-state index contributed by atoms with van der Waals surface area (Å²) in [5.74, 6) is 0.351. The van der Waals surface area contributed by atoms with Crippen LogP contribution in [-0.4, -0.2) is 16.9 Å². The first-order valence-corrected chi connectivity index (χ1v) is 4.68. The summed E-state index contributed by atoms with van der Waals surface area (Å²) in [5.41, 5.74) is 5.60. The van der Waals surface area contributed by atoms with Crippen molar-refractivity contribution in [2.24, 2.45) is 5.73 Å². The molecule has 0 bridgehead atoms. The van der Waals surface area contributed by atoms with Crippen LogP contribution in [0.4, 0.5) is 16.3 Å². The molecule has 0 unspecified atom stereocenters. The number of hydrogen-bond donors (Lipinski definition) is 2. The first kappa shape index (κ1) is 10.2. The maximum absolute atomic E-state index is 11.4. The first-order valence-electron chi connectivity index (χ1n) is 4.68. The third kappa shape index (κ3) is 2.00. The van der Waals surface area contributed by atoms with Crippen molar-refractivity contribution in [2.75, 3.05) is 10.2 Å². The van der Waals surface area contributed by atoms with E-state index in [4.69, 9.17) is 5.73 Å². The number of rotatable bonds is 2. The van der Waals surface area contributed by atoms with Crippen LogP contribution in [0.2, 0.25) is 0 Å². The molecular formula is C10H10N4O2. The molecule has 0 saturated carbocycles. The van der Waals surface area contributed by atoms with Crippen molar-refractivity contribution in [3.63, 3.8) is 0 Å². The Bertz CT molecular complexity index is 452. The minimum atomic E-state index is -0.669. The predicted molar refractivity (Wildman–Crippen MR) is 58.7 cm³/mol. The van der Waals surface area contributed by atoms with E-state index in [0.29, 0.717) is 17.9 Å². The van der Waals surface area contributed by atoms with E-state index in [9.17, 15) is 9.59 Å². The Labute approximate surface area is 91.8 Å². The number of nitrogens with zero attached hydrogens (tertiary/aromatic N) is 2. The zero-order valence-corrected chi connectivity index (χ0v) is 8.38. The summed E-state index contributed by atoms with van der Waals surface area (Å²) in [6.07, 6.45) is 5.37. The van der Waals surface area contributed by atoms with Gasteiger partial charge in [0, 0.05) is 12.6 Å². The van der Waals surface area contributed by atoms with Crippen LogP contribution in [-0.2, 0) is 4.79 Å². The molecule has 6 nitrogen and oxygen atoms in total. The Morgan fingerprint density at radius 3 is 2.81 bits per heavy atom. The minimum Gasteiger partial charge on any atom is -0.351 e. The van der Waals surface area contributed by atoms with Gasteiger partial charge in [0.05, 0.1) is 11.9 Å². The van der Waals surface area contributed by atoms with Gasteiger partial charge in [0.25, 0.3) is 0 Å². The number of carbonyl (C=O) groups excluding carboxylic acids is 2. The number of hydrogen-bond acceptors (Lipinski definition) is 3. The van der Waals surface area contributed by atoms with E-state index in [-0.39, 0.29) is 5.91 Å². The molecule has 0 aromatic carbocycles. The second kappa shape index (κ2) is 4.01. The lowest BCUT2D eigenvalue weighted by atomic mass is 10.3. The molecule has 3 N–H and O–H groups in total. The van der Waals surface area contributed by atoms with Crippen LogP contribution in [0.5, 0.6) is 0 Å². The quantitative estimate of drug-likeness (QED) is 0.770. The Hall–Kier alpha value is -2.37. The molecule has 1 aliphatic heterocycles. The van der Waals surface area contributed by atoms with E-state index >= 15 is 0 Å². The Balaban J connectivity index is 2.16. The summed E-state index contributed by atoms with van der Waals surface area (Å²) in [5, 5.41) is 2.34. The predicted octanol–water partition coefficient (Wildman–Crippen LogP) is 0.823. The average molecular weight is 218 g/mol. The highest BCUT2D eigenvalue weighted by Gasteiger charge is 2.16. The Kier molecular flexibility index (Phi) is 2.55. The number of pyridine rings is 1. The second-order valence-electron chi connectivity index (χ2n) is 3.24. The van der Waals surface area contributed by atoms with Crippen LogP contribution >= 0.6 is 0 Å². The second-order valence-corrected chi connectivity index (χ2v) is 3.24. The molecule has 16 heavy (non-hydrogen) atoms. The van der Waals surface area contributed by atoms with Gasteiger partial charge in [0.2, 0.25) is 5.91 Å². The van der Waals surface area contributed by atoms with Crippen molar-refractivity contribution in [3.05, 3.63) is 30.6 Å². The fourth-order valence-corrected chi connectivity index (χ4v) is 1.40. The minimum absolute atomic E-state index is 0.00240. The molecule has 1 aliphatic rings. The SMILES string of the molecule is NC(=O)Nc1ccc(N2C=CCC2=O)cn1. The first-order chi connectivity index (χ1) is 7.66. The molecule has 3 amide bonds. The van der Waals surface area contributed by atoms with Crippen LogP contribution in [0.3, 0.4) is 0 Å². The number of primary amides is 1. The smallest absolute Gasteiger partial charge is 0.317 e. The van der Waals surface area contributed by atoms with Gasteiger partial charge in [-0.05, 0) is 12.1 Å². The van der Waals surface area contributed by atoms with E-state index in [2.05, 4.69) is 10.3 Å². The lowest BCUT2D eigenvalue weighted by Crippen LogP contribution is -2.21. The highest BCUT2D eigenvalue weighted by atomic mass is 16.2. The van der Waals surface area contributed by atoms with Gasteiger partial charge in [-0.2, -0.15) is 0 Å². The summed E-state index contributed by atoms with van der Waals surface area (Å²) in [6, 6.07) is 2.60. The third-order valence-electron chi connectivity index (χ3n) is 2.09. The van der Waals surface area contributed by atoms with Crippen molar-refractivity contribution < 1.29 is 9.59 Å². The molecule has 6 heteroatoms. The molecule has 1 aromatic heterocycles. The van der Waals surface area contributed by atoms with Crippen LogP contribution in [0.1, 0.15) is 6.42 Å². The molecule has 0 spiro atoms. The normalized spacial score (nSPS) is 14.2. The van der Waals surface area contributed by atoms with Gasteiger partial charge in [0.1, 0.15) is 5.82 Å². The van der Waals surface area contributed by atoms with Crippen molar-refractivity contribution in [1.29, 1.82) is 0 Å². The van der Waals surface area contributed by atoms with Gasteiger partial charge >= 0.3 is 6.03 Å². The molecule has 2 rings (SSSR count). The zero-order chi connectivity index (χ0) is 11.5. The van der Waals surface area contributed by atoms with E-state index in [1.807, 2.05) is 0 Å². The third-order valence-corrected chi connectivity index (χ3v) is 2.09. The number of carbonyl (C=O) groups is 2. The van der Waals surface area contributed by atoms with Gasteiger partial charge in [0.15, 0.2) is 0 Å². The van der Waals surface area contributed by atoms with Gasteiger partial charge in [-0.25, -0.2) is 9.78 Å². The van der Waals surface area contributed by atoms with E-state index in [1.54, 1.807) is 24.4 Å². The maximum Gasteiger partial charge on any atom is 0.317 e. The molecule has 0 radical (unpaired) electrons. The summed E-state index contributed by atoms with van der Waals surface area (Å²) in [4.78, 5) is 27.4. The largest absolute Gasteiger partial charge is 0.351 e. The molecule has 0 saturated heterocycles. The zero-order valence-electron chi connectivity index (χ0n) is 8.38. The lowest BCUT2D eigenvalue weighted by Gasteiger charge is -2.13. The Morgan fingerprint density at radius 2 is 2.31 bits per heavy atom. The standard InChI is InChI=1S/C10H10N4O2/c11-10(16)13-8-4-3-7(6-12-8)14-5-1-2-9(14)15/h1,3-6H,2H2,(H3,11,12,13,16). The molecule has 82 valence electrons. The molecular weight excluding hydrogens is 208 g/mol. The number of anilines is 2. The van der Waals surface area contributed by atoms with Crippen molar-refractivity contribution in [1.82, 2.24) is 4.98 Å².